The molecule has 1 aromatic rings. The topological polar surface area (TPSA) is 20.3 Å². The number of aryl methyl sites for hydroxylation is 1. The molecule has 0 N–H and O–H groups in total. The first-order valence-electron chi connectivity index (χ1n) is 5.04. The summed E-state index contributed by atoms with van der Waals surface area (Å²) in [4.78, 5) is 13.0. The van der Waals surface area contributed by atoms with E-state index in [-0.39, 0.29) is 11.7 Å². The van der Waals surface area contributed by atoms with E-state index >= 15 is 0 Å². The maximum atomic E-state index is 11.3. The molecule has 0 fully saturated rings. The van der Waals surface area contributed by atoms with Gasteiger partial charge in [0.05, 0.1) is 5.75 Å². The molecule has 0 spiro atoms. The second kappa shape index (κ2) is 5.81. The highest BCUT2D eigenvalue weighted by Crippen LogP contribution is 2.08. The lowest BCUT2D eigenvalue weighted by Crippen LogP contribution is -2.29. The van der Waals surface area contributed by atoms with Gasteiger partial charge in [0.2, 0.25) is 5.91 Å². The molecule has 0 saturated heterocycles. The molecule has 1 rings (SSSR count). The summed E-state index contributed by atoms with van der Waals surface area (Å²) < 4.78 is 0. The Morgan fingerprint density at radius 2 is 2.07 bits per heavy atom. The van der Waals surface area contributed by atoms with Gasteiger partial charge in [0.1, 0.15) is 0 Å². The number of rotatable bonds is 4. The van der Waals surface area contributed by atoms with Crippen molar-refractivity contribution in [3.63, 3.8) is 0 Å². The predicted octanol–water partition coefficient (Wildman–Crippen LogP) is 1.93. The fourth-order valence-electron chi connectivity index (χ4n) is 1.42. The summed E-state index contributed by atoms with van der Waals surface area (Å²) in [6, 6.07) is 8.26. The number of hydrogen-bond donors (Lipinski definition) is 1. The second-order valence-electron chi connectivity index (χ2n) is 3.65. The zero-order chi connectivity index (χ0) is 11.3. The van der Waals surface area contributed by atoms with Crippen molar-refractivity contribution in [1.82, 2.24) is 4.90 Å². The zero-order valence-electron chi connectivity index (χ0n) is 9.23. The summed E-state index contributed by atoms with van der Waals surface area (Å²) in [5, 5.41) is 0. The molecule has 15 heavy (non-hydrogen) atoms. The van der Waals surface area contributed by atoms with Gasteiger partial charge in [-0.05, 0) is 24.5 Å². The standard InChI is InChI=1S/C12H17NOS/c1-10-5-3-4-6-11(10)7-8-13(2)12(14)9-15/h3-6,15H,7-9H2,1-2H3. The molecule has 0 aliphatic carbocycles. The number of hydrogen-bond acceptors (Lipinski definition) is 2. The molecule has 0 heterocycles. The first kappa shape index (κ1) is 12.1. The number of amides is 1. The average Bonchev–Trinajstić information content (AvgIpc) is 2.26. The summed E-state index contributed by atoms with van der Waals surface area (Å²) in [5.41, 5.74) is 2.58. The van der Waals surface area contributed by atoms with Crippen molar-refractivity contribution >= 4 is 18.5 Å². The number of thiol groups is 1. The third kappa shape index (κ3) is 3.59. The lowest BCUT2D eigenvalue weighted by molar-refractivity contribution is -0.127. The molecule has 0 aliphatic rings. The first-order valence-corrected chi connectivity index (χ1v) is 5.67. The molecule has 3 heteroatoms. The highest BCUT2D eigenvalue weighted by atomic mass is 32.1. The van der Waals surface area contributed by atoms with Crippen molar-refractivity contribution in [3.05, 3.63) is 35.4 Å². The normalized spacial score (nSPS) is 10.1. The third-order valence-electron chi connectivity index (χ3n) is 2.54. The van der Waals surface area contributed by atoms with Gasteiger partial charge in [0.25, 0.3) is 0 Å². The van der Waals surface area contributed by atoms with Crippen LogP contribution in [-0.4, -0.2) is 30.2 Å². The van der Waals surface area contributed by atoms with Crippen LogP contribution >= 0.6 is 12.6 Å². The molecular weight excluding hydrogens is 206 g/mol. The Morgan fingerprint density at radius 1 is 1.40 bits per heavy atom. The van der Waals surface area contributed by atoms with Crippen LogP contribution in [0.4, 0.5) is 0 Å². The number of benzene rings is 1. The minimum atomic E-state index is 0.0758. The molecule has 0 saturated carbocycles. The van der Waals surface area contributed by atoms with E-state index in [1.807, 2.05) is 19.2 Å². The maximum absolute atomic E-state index is 11.3. The molecule has 1 amide bonds. The van der Waals surface area contributed by atoms with E-state index in [1.165, 1.54) is 11.1 Å². The monoisotopic (exact) mass is 223 g/mol. The molecule has 0 bridgehead atoms. The van der Waals surface area contributed by atoms with Crippen molar-refractivity contribution in [2.24, 2.45) is 0 Å². The van der Waals surface area contributed by atoms with Crippen LogP contribution in [0.15, 0.2) is 24.3 Å². The van der Waals surface area contributed by atoms with Crippen molar-refractivity contribution in [2.45, 2.75) is 13.3 Å². The summed E-state index contributed by atoms with van der Waals surface area (Å²) in [6.07, 6.45) is 0.905. The van der Waals surface area contributed by atoms with Crippen LogP contribution < -0.4 is 0 Å². The smallest absolute Gasteiger partial charge is 0.232 e. The Balaban J connectivity index is 2.50. The number of carbonyl (C=O) groups is 1. The molecule has 0 aromatic heterocycles. The molecule has 0 unspecified atom stereocenters. The number of nitrogens with zero attached hydrogens (tertiary/aromatic N) is 1. The molecule has 82 valence electrons. The first-order chi connectivity index (χ1) is 7.15. The van der Waals surface area contributed by atoms with E-state index in [1.54, 1.807) is 4.90 Å². The molecule has 2 nitrogen and oxygen atoms in total. The van der Waals surface area contributed by atoms with E-state index in [0.29, 0.717) is 0 Å². The SMILES string of the molecule is Cc1ccccc1CCN(C)C(=O)CS. The van der Waals surface area contributed by atoms with Crippen molar-refractivity contribution < 1.29 is 4.79 Å². The van der Waals surface area contributed by atoms with Crippen LogP contribution in [-0.2, 0) is 11.2 Å². The Hall–Kier alpha value is -0.960. The highest BCUT2D eigenvalue weighted by Gasteiger charge is 2.06. The summed E-state index contributed by atoms with van der Waals surface area (Å²) in [5.74, 6) is 0.358. The van der Waals surface area contributed by atoms with Gasteiger partial charge in [-0.2, -0.15) is 12.6 Å². The van der Waals surface area contributed by atoms with Gasteiger partial charge in [-0.15, -0.1) is 0 Å². The van der Waals surface area contributed by atoms with Crippen molar-refractivity contribution in [2.75, 3.05) is 19.3 Å². The van der Waals surface area contributed by atoms with Crippen LogP contribution in [0.2, 0.25) is 0 Å². The summed E-state index contributed by atoms with van der Waals surface area (Å²) in [6.45, 7) is 2.85. The molecule has 0 atom stereocenters. The lowest BCUT2D eigenvalue weighted by atomic mass is 10.1. The van der Waals surface area contributed by atoms with E-state index in [9.17, 15) is 4.79 Å². The van der Waals surface area contributed by atoms with Crippen LogP contribution in [0.1, 0.15) is 11.1 Å². The predicted molar refractivity (Wildman–Crippen MR) is 66.4 cm³/mol. The Kier molecular flexibility index (Phi) is 4.69. The maximum Gasteiger partial charge on any atom is 0.232 e. The van der Waals surface area contributed by atoms with Crippen LogP contribution in [0, 0.1) is 6.92 Å². The van der Waals surface area contributed by atoms with Gasteiger partial charge in [0.15, 0.2) is 0 Å². The van der Waals surface area contributed by atoms with E-state index in [2.05, 4.69) is 31.7 Å². The second-order valence-corrected chi connectivity index (χ2v) is 3.97. The van der Waals surface area contributed by atoms with Crippen LogP contribution in [0.5, 0.6) is 0 Å². The van der Waals surface area contributed by atoms with Crippen LogP contribution in [0.25, 0.3) is 0 Å². The largest absolute Gasteiger partial charge is 0.345 e. The van der Waals surface area contributed by atoms with Gasteiger partial charge < -0.3 is 4.90 Å². The van der Waals surface area contributed by atoms with Crippen molar-refractivity contribution in [1.29, 1.82) is 0 Å². The van der Waals surface area contributed by atoms with E-state index in [4.69, 9.17) is 0 Å². The number of likely N-dealkylation sites (N-methyl/N-ethyl adjacent to an activating group) is 1. The molecule has 0 radical (unpaired) electrons. The van der Waals surface area contributed by atoms with Crippen LogP contribution in [0.3, 0.4) is 0 Å². The minimum Gasteiger partial charge on any atom is -0.345 e. The quantitative estimate of drug-likeness (QED) is 0.773. The highest BCUT2D eigenvalue weighted by molar-refractivity contribution is 7.81. The molecule has 1 aromatic carbocycles. The van der Waals surface area contributed by atoms with Gasteiger partial charge in [0, 0.05) is 13.6 Å². The van der Waals surface area contributed by atoms with E-state index < -0.39 is 0 Å². The lowest BCUT2D eigenvalue weighted by Gasteiger charge is -2.16. The van der Waals surface area contributed by atoms with E-state index in [0.717, 1.165) is 13.0 Å². The molecule has 0 aliphatic heterocycles. The van der Waals surface area contributed by atoms with Gasteiger partial charge in [-0.25, -0.2) is 0 Å². The zero-order valence-corrected chi connectivity index (χ0v) is 10.1. The van der Waals surface area contributed by atoms with Gasteiger partial charge in [-0.1, -0.05) is 24.3 Å². The van der Waals surface area contributed by atoms with Gasteiger partial charge in [-0.3, -0.25) is 4.79 Å². The Morgan fingerprint density at radius 3 is 2.67 bits per heavy atom. The third-order valence-corrected chi connectivity index (χ3v) is 2.81. The van der Waals surface area contributed by atoms with Crippen molar-refractivity contribution in [3.8, 4) is 0 Å². The fraction of sp³-hybridized carbons (Fsp3) is 0.417. The molecular formula is C12H17NOS. The van der Waals surface area contributed by atoms with Gasteiger partial charge >= 0.3 is 0 Å². The minimum absolute atomic E-state index is 0.0758. The fourth-order valence-corrected chi connectivity index (χ4v) is 1.67. The summed E-state index contributed by atoms with van der Waals surface area (Å²) in [7, 11) is 1.82. The average molecular weight is 223 g/mol. The Bertz CT molecular complexity index is 338. The number of carbonyl (C=O) groups excluding carboxylic acids is 1. The Labute approximate surface area is 96.7 Å². The summed E-state index contributed by atoms with van der Waals surface area (Å²) >= 11 is 3.96.